The summed E-state index contributed by atoms with van der Waals surface area (Å²) in [6, 6.07) is 20.4. The van der Waals surface area contributed by atoms with Crippen LogP contribution in [-0.2, 0) is 12.8 Å². The molecule has 6 heteroatoms. The highest BCUT2D eigenvalue weighted by molar-refractivity contribution is 5.91. The highest BCUT2D eigenvalue weighted by atomic mass is 16.5. The fourth-order valence-corrected chi connectivity index (χ4v) is 4.15. The first-order valence-corrected chi connectivity index (χ1v) is 12.6. The molecule has 0 aliphatic heterocycles. The van der Waals surface area contributed by atoms with Gasteiger partial charge in [-0.1, -0.05) is 44.5 Å². The van der Waals surface area contributed by atoms with Crippen LogP contribution in [0.1, 0.15) is 48.2 Å². The minimum absolute atomic E-state index is 0.123. The number of hydrogen-bond donors (Lipinski definition) is 1. The molecule has 1 heterocycles. The maximum absolute atomic E-state index is 11.6. The number of carboxylic acids is 1. The molecule has 192 valence electrons. The largest absolute Gasteiger partial charge is 0.493 e. The molecule has 3 aromatic carbocycles. The van der Waals surface area contributed by atoms with Crippen molar-refractivity contribution in [1.29, 1.82) is 0 Å². The number of carbonyl (C=O) groups is 1. The van der Waals surface area contributed by atoms with Gasteiger partial charge in [-0.05, 0) is 66.4 Å². The second-order valence-corrected chi connectivity index (χ2v) is 8.62. The second-order valence-electron chi connectivity index (χ2n) is 8.62. The summed E-state index contributed by atoms with van der Waals surface area (Å²) in [5, 5.41) is 9.49. The van der Waals surface area contributed by atoms with Crippen LogP contribution in [0.5, 0.6) is 23.0 Å². The fraction of sp³-hybridized carbons (Fsp3) is 0.258. The quantitative estimate of drug-likeness (QED) is 0.189. The standard InChI is InChI=1S/C31H32O6/c1-3-9-25-28(12-7-13-29(25)37-30-11-6-5-10-26(30)31(32)33)36-18-8-17-35-27-15-14-23(20-22(27)4-2)24-16-19-34-21-24/h5-7,10-16,19-21H,3-4,8-9,17-18H2,1-2H3,(H,32,33). The van der Waals surface area contributed by atoms with Crippen LogP contribution < -0.4 is 14.2 Å². The van der Waals surface area contributed by atoms with Crippen LogP contribution in [0.4, 0.5) is 0 Å². The summed E-state index contributed by atoms with van der Waals surface area (Å²) < 4.78 is 23.4. The second kappa shape index (κ2) is 12.7. The number of benzene rings is 3. The minimum atomic E-state index is -1.03. The molecule has 4 aromatic rings. The number of furan rings is 1. The molecule has 0 amide bonds. The average Bonchev–Trinajstić information content (AvgIpc) is 3.45. The van der Waals surface area contributed by atoms with Crippen molar-refractivity contribution in [2.45, 2.75) is 39.5 Å². The minimum Gasteiger partial charge on any atom is -0.493 e. The number of carboxylic acid groups (broad SMARTS) is 1. The van der Waals surface area contributed by atoms with E-state index in [0.29, 0.717) is 31.1 Å². The topological polar surface area (TPSA) is 78.1 Å². The van der Waals surface area contributed by atoms with Crippen molar-refractivity contribution in [3.63, 3.8) is 0 Å². The van der Waals surface area contributed by atoms with Gasteiger partial charge >= 0.3 is 5.97 Å². The van der Waals surface area contributed by atoms with Crippen molar-refractivity contribution in [3.05, 3.63) is 95.9 Å². The molecule has 0 radical (unpaired) electrons. The normalized spacial score (nSPS) is 10.8. The molecule has 0 spiro atoms. The molecule has 0 saturated carbocycles. The molecule has 4 rings (SSSR count). The van der Waals surface area contributed by atoms with E-state index in [9.17, 15) is 9.90 Å². The maximum Gasteiger partial charge on any atom is 0.339 e. The molecule has 0 unspecified atom stereocenters. The van der Waals surface area contributed by atoms with Gasteiger partial charge in [0.25, 0.3) is 0 Å². The first-order valence-electron chi connectivity index (χ1n) is 12.6. The predicted octanol–water partition coefficient (Wildman–Crippen LogP) is 7.80. The highest BCUT2D eigenvalue weighted by Gasteiger charge is 2.15. The smallest absolute Gasteiger partial charge is 0.339 e. The lowest BCUT2D eigenvalue weighted by atomic mass is 10.0. The predicted molar refractivity (Wildman–Crippen MR) is 143 cm³/mol. The van der Waals surface area contributed by atoms with Crippen molar-refractivity contribution in [1.82, 2.24) is 0 Å². The Morgan fingerprint density at radius 3 is 2.32 bits per heavy atom. The van der Waals surface area contributed by atoms with Crippen LogP contribution in [0.25, 0.3) is 11.1 Å². The third kappa shape index (κ3) is 6.53. The van der Waals surface area contributed by atoms with E-state index in [2.05, 4.69) is 19.9 Å². The van der Waals surface area contributed by atoms with E-state index < -0.39 is 5.97 Å². The molecule has 0 fully saturated rings. The maximum atomic E-state index is 11.6. The molecule has 1 aromatic heterocycles. The van der Waals surface area contributed by atoms with E-state index in [4.69, 9.17) is 18.6 Å². The molecule has 1 N–H and O–H groups in total. The van der Waals surface area contributed by atoms with Crippen molar-refractivity contribution >= 4 is 5.97 Å². The molecule has 0 aliphatic rings. The summed E-state index contributed by atoms with van der Waals surface area (Å²) in [6.45, 7) is 5.22. The van der Waals surface area contributed by atoms with Gasteiger partial charge in [-0.2, -0.15) is 0 Å². The van der Waals surface area contributed by atoms with Gasteiger partial charge < -0.3 is 23.7 Å². The molecule has 0 aliphatic carbocycles. The van der Waals surface area contributed by atoms with E-state index in [-0.39, 0.29) is 5.56 Å². The van der Waals surface area contributed by atoms with Crippen molar-refractivity contribution in [3.8, 4) is 34.1 Å². The Kier molecular flexibility index (Phi) is 8.87. The van der Waals surface area contributed by atoms with Gasteiger partial charge in [0.15, 0.2) is 0 Å². The third-order valence-corrected chi connectivity index (χ3v) is 6.03. The van der Waals surface area contributed by atoms with Gasteiger partial charge in [0, 0.05) is 17.5 Å². The summed E-state index contributed by atoms with van der Waals surface area (Å²) in [6.07, 6.45) is 6.65. The zero-order valence-corrected chi connectivity index (χ0v) is 21.2. The van der Waals surface area contributed by atoms with E-state index in [1.165, 1.54) is 6.07 Å². The number of rotatable bonds is 13. The summed E-state index contributed by atoms with van der Waals surface area (Å²) >= 11 is 0. The fourth-order valence-electron chi connectivity index (χ4n) is 4.15. The van der Waals surface area contributed by atoms with Gasteiger partial charge in [0.1, 0.15) is 28.6 Å². The highest BCUT2D eigenvalue weighted by Crippen LogP contribution is 2.35. The van der Waals surface area contributed by atoms with E-state index in [1.54, 1.807) is 30.7 Å². The van der Waals surface area contributed by atoms with Crippen molar-refractivity contribution < 1.29 is 28.5 Å². The zero-order chi connectivity index (χ0) is 26.0. The lowest BCUT2D eigenvalue weighted by Gasteiger charge is -2.17. The lowest BCUT2D eigenvalue weighted by Crippen LogP contribution is -2.08. The summed E-state index contributed by atoms with van der Waals surface area (Å²) in [5.41, 5.74) is 4.36. The molecule has 0 atom stereocenters. The molecule has 37 heavy (non-hydrogen) atoms. The van der Waals surface area contributed by atoms with Crippen LogP contribution >= 0.6 is 0 Å². The van der Waals surface area contributed by atoms with E-state index in [0.717, 1.165) is 53.0 Å². The van der Waals surface area contributed by atoms with Crippen LogP contribution in [0.15, 0.2) is 83.7 Å². The summed E-state index contributed by atoms with van der Waals surface area (Å²) in [7, 11) is 0. The van der Waals surface area contributed by atoms with Gasteiger partial charge in [-0.15, -0.1) is 0 Å². The molecular formula is C31H32O6. The Labute approximate surface area is 217 Å². The molecule has 6 nitrogen and oxygen atoms in total. The summed E-state index contributed by atoms with van der Waals surface area (Å²) in [5.74, 6) is 1.51. The third-order valence-electron chi connectivity index (χ3n) is 6.03. The van der Waals surface area contributed by atoms with Gasteiger partial charge in [0.2, 0.25) is 0 Å². The SMILES string of the molecule is CCCc1c(OCCCOc2ccc(-c3ccoc3)cc2CC)cccc1Oc1ccccc1C(=O)O. The zero-order valence-electron chi connectivity index (χ0n) is 21.2. The first-order chi connectivity index (χ1) is 18.1. The van der Waals surface area contributed by atoms with Crippen LogP contribution in [-0.4, -0.2) is 24.3 Å². The van der Waals surface area contributed by atoms with Crippen LogP contribution in [0.2, 0.25) is 0 Å². The Morgan fingerprint density at radius 1 is 0.838 bits per heavy atom. The van der Waals surface area contributed by atoms with Crippen molar-refractivity contribution in [2.24, 2.45) is 0 Å². The van der Waals surface area contributed by atoms with Gasteiger partial charge in [-0.3, -0.25) is 0 Å². The Morgan fingerprint density at radius 2 is 1.59 bits per heavy atom. The average molecular weight is 501 g/mol. The molecule has 0 bridgehead atoms. The van der Waals surface area contributed by atoms with Gasteiger partial charge in [0.05, 0.1) is 25.7 Å². The van der Waals surface area contributed by atoms with E-state index >= 15 is 0 Å². The number of aryl methyl sites for hydroxylation is 1. The monoisotopic (exact) mass is 500 g/mol. The first kappa shape index (κ1) is 25.9. The lowest BCUT2D eigenvalue weighted by molar-refractivity contribution is 0.0694. The molecular weight excluding hydrogens is 468 g/mol. The summed E-state index contributed by atoms with van der Waals surface area (Å²) in [4.78, 5) is 11.6. The number of ether oxygens (including phenoxy) is 3. The van der Waals surface area contributed by atoms with Crippen LogP contribution in [0.3, 0.4) is 0 Å². The number of hydrogen-bond acceptors (Lipinski definition) is 5. The number of aromatic carboxylic acids is 1. The van der Waals surface area contributed by atoms with Crippen LogP contribution in [0, 0.1) is 0 Å². The van der Waals surface area contributed by atoms with Gasteiger partial charge in [-0.25, -0.2) is 4.79 Å². The number of para-hydroxylation sites is 1. The molecule has 0 saturated heterocycles. The van der Waals surface area contributed by atoms with Crippen molar-refractivity contribution in [2.75, 3.05) is 13.2 Å². The Hall–Kier alpha value is -4.19. The Bertz CT molecular complexity index is 1310. The van der Waals surface area contributed by atoms with E-state index in [1.807, 2.05) is 36.4 Å². The Balaban J connectivity index is 1.37.